The molecule has 1 aromatic carbocycles. The lowest BCUT2D eigenvalue weighted by Gasteiger charge is -2.12. The fraction of sp³-hybridized carbons (Fsp3) is 0.538. The molecule has 0 spiro atoms. The largest absolute Gasteiger partial charge is 0.316 e. The van der Waals surface area contributed by atoms with Gasteiger partial charge in [0.25, 0.3) is 0 Å². The van der Waals surface area contributed by atoms with E-state index in [4.69, 9.17) is 11.6 Å². The molecule has 1 saturated heterocycles. The molecule has 1 fully saturated rings. The molecule has 1 aliphatic rings. The van der Waals surface area contributed by atoms with E-state index < -0.39 is 10.0 Å². The second-order valence-electron chi connectivity index (χ2n) is 4.91. The van der Waals surface area contributed by atoms with Crippen LogP contribution in [0.3, 0.4) is 0 Å². The van der Waals surface area contributed by atoms with Gasteiger partial charge in [-0.2, -0.15) is 0 Å². The van der Waals surface area contributed by atoms with Gasteiger partial charge in [-0.3, -0.25) is 0 Å². The summed E-state index contributed by atoms with van der Waals surface area (Å²) in [7, 11) is -3.46. The molecule has 2 rings (SSSR count). The molecule has 4 nitrogen and oxygen atoms in total. The topological polar surface area (TPSA) is 58.2 Å². The van der Waals surface area contributed by atoms with Gasteiger partial charge >= 0.3 is 0 Å². The predicted molar refractivity (Wildman–Crippen MR) is 77.0 cm³/mol. The van der Waals surface area contributed by atoms with Crippen molar-refractivity contribution >= 4 is 21.6 Å². The summed E-state index contributed by atoms with van der Waals surface area (Å²) in [6.07, 6.45) is 1.99. The Labute approximate surface area is 119 Å². The molecule has 1 atom stereocenters. The molecule has 0 aliphatic carbocycles. The van der Waals surface area contributed by atoms with E-state index in [-0.39, 0.29) is 4.90 Å². The molecule has 0 amide bonds. The second kappa shape index (κ2) is 6.22. The highest BCUT2D eigenvalue weighted by atomic mass is 35.5. The smallest absolute Gasteiger partial charge is 0.240 e. The van der Waals surface area contributed by atoms with E-state index >= 15 is 0 Å². The van der Waals surface area contributed by atoms with Crippen molar-refractivity contribution in [3.63, 3.8) is 0 Å². The van der Waals surface area contributed by atoms with E-state index in [2.05, 4.69) is 10.0 Å². The van der Waals surface area contributed by atoms with Crippen LogP contribution in [0, 0.1) is 12.8 Å². The minimum absolute atomic E-state index is 0.268. The maximum Gasteiger partial charge on any atom is 0.240 e. The van der Waals surface area contributed by atoms with Gasteiger partial charge in [0.2, 0.25) is 10.0 Å². The molecule has 0 radical (unpaired) electrons. The minimum Gasteiger partial charge on any atom is -0.316 e. The lowest BCUT2D eigenvalue weighted by molar-refractivity contribution is 0.519. The van der Waals surface area contributed by atoms with Gasteiger partial charge in [-0.15, -0.1) is 0 Å². The first kappa shape index (κ1) is 14.8. The van der Waals surface area contributed by atoms with Crippen LogP contribution >= 0.6 is 11.6 Å². The first-order valence-electron chi connectivity index (χ1n) is 6.46. The zero-order chi connectivity index (χ0) is 13.9. The summed E-state index contributed by atoms with van der Waals surface area (Å²) in [6.45, 7) is 4.21. The van der Waals surface area contributed by atoms with Crippen LogP contribution in [-0.2, 0) is 10.0 Å². The maximum absolute atomic E-state index is 12.2. The SMILES string of the molecule is Cc1c(Cl)cccc1S(=O)(=O)NCCC1CCNC1. The number of benzene rings is 1. The predicted octanol–water partition coefficient (Wildman–Crippen LogP) is 1.93. The Hall–Kier alpha value is -0.620. The van der Waals surface area contributed by atoms with E-state index in [1.165, 1.54) is 0 Å². The van der Waals surface area contributed by atoms with Crippen molar-refractivity contribution in [2.24, 2.45) is 5.92 Å². The highest BCUT2D eigenvalue weighted by Crippen LogP contribution is 2.22. The molecule has 1 heterocycles. The van der Waals surface area contributed by atoms with Gasteiger partial charge in [-0.1, -0.05) is 17.7 Å². The molecule has 2 N–H and O–H groups in total. The van der Waals surface area contributed by atoms with E-state index in [9.17, 15) is 8.42 Å². The monoisotopic (exact) mass is 302 g/mol. The Balaban J connectivity index is 1.99. The van der Waals surface area contributed by atoms with Gasteiger partial charge in [0.1, 0.15) is 0 Å². The van der Waals surface area contributed by atoms with Crippen LogP contribution in [-0.4, -0.2) is 28.1 Å². The highest BCUT2D eigenvalue weighted by Gasteiger charge is 2.19. The Bertz CT molecular complexity index is 540. The standard InChI is InChI=1S/C13H19ClN2O2S/c1-10-12(14)3-2-4-13(10)19(17,18)16-8-6-11-5-7-15-9-11/h2-4,11,15-16H,5-9H2,1H3. The Morgan fingerprint density at radius 2 is 2.26 bits per heavy atom. The van der Waals surface area contributed by atoms with Crippen LogP contribution in [0.15, 0.2) is 23.1 Å². The van der Waals surface area contributed by atoms with Gasteiger partial charge in [0.05, 0.1) is 4.90 Å². The third-order valence-electron chi connectivity index (χ3n) is 3.51. The van der Waals surface area contributed by atoms with Gasteiger partial charge in [0, 0.05) is 11.6 Å². The Kier molecular flexibility index (Phi) is 4.84. The molecule has 19 heavy (non-hydrogen) atoms. The number of hydrogen-bond acceptors (Lipinski definition) is 3. The van der Waals surface area contributed by atoms with Crippen LogP contribution in [0.1, 0.15) is 18.4 Å². The van der Waals surface area contributed by atoms with Crippen molar-refractivity contribution < 1.29 is 8.42 Å². The van der Waals surface area contributed by atoms with Crippen molar-refractivity contribution in [3.8, 4) is 0 Å². The van der Waals surface area contributed by atoms with Crippen molar-refractivity contribution in [3.05, 3.63) is 28.8 Å². The van der Waals surface area contributed by atoms with Gasteiger partial charge < -0.3 is 5.32 Å². The lowest BCUT2D eigenvalue weighted by Crippen LogP contribution is -2.27. The number of hydrogen-bond donors (Lipinski definition) is 2. The average Bonchev–Trinajstić information content (AvgIpc) is 2.85. The minimum atomic E-state index is -3.46. The number of nitrogens with one attached hydrogen (secondary N) is 2. The second-order valence-corrected chi connectivity index (χ2v) is 7.05. The maximum atomic E-state index is 12.2. The van der Waals surface area contributed by atoms with E-state index in [0.717, 1.165) is 25.9 Å². The van der Waals surface area contributed by atoms with Crippen LogP contribution in [0.4, 0.5) is 0 Å². The molecule has 106 valence electrons. The summed E-state index contributed by atoms with van der Waals surface area (Å²) in [4.78, 5) is 0.268. The molecule has 1 aromatic rings. The lowest BCUT2D eigenvalue weighted by atomic mass is 10.1. The molecule has 6 heteroatoms. The van der Waals surface area contributed by atoms with Crippen LogP contribution < -0.4 is 10.0 Å². The fourth-order valence-electron chi connectivity index (χ4n) is 2.31. The summed E-state index contributed by atoms with van der Waals surface area (Å²) in [5.41, 5.74) is 0.596. The Morgan fingerprint density at radius 1 is 1.47 bits per heavy atom. The third kappa shape index (κ3) is 3.69. The van der Waals surface area contributed by atoms with Crippen LogP contribution in [0.2, 0.25) is 5.02 Å². The number of sulfonamides is 1. The molecule has 0 bridgehead atoms. The highest BCUT2D eigenvalue weighted by molar-refractivity contribution is 7.89. The number of rotatable bonds is 5. The normalized spacial score (nSPS) is 19.8. The van der Waals surface area contributed by atoms with E-state index in [0.29, 0.717) is 23.0 Å². The molecule has 0 saturated carbocycles. The molecular formula is C13H19ClN2O2S. The molecular weight excluding hydrogens is 284 g/mol. The summed E-state index contributed by atoms with van der Waals surface area (Å²) < 4.78 is 27.0. The summed E-state index contributed by atoms with van der Waals surface area (Å²) >= 11 is 5.96. The van der Waals surface area contributed by atoms with Gasteiger partial charge in [-0.05, 0) is 56.5 Å². The van der Waals surface area contributed by atoms with Crippen molar-refractivity contribution in [2.75, 3.05) is 19.6 Å². The summed E-state index contributed by atoms with van der Waals surface area (Å²) in [5.74, 6) is 0.572. The molecule has 1 unspecified atom stereocenters. The van der Waals surface area contributed by atoms with Crippen molar-refractivity contribution in [2.45, 2.75) is 24.7 Å². The average molecular weight is 303 g/mol. The van der Waals surface area contributed by atoms with Crippen molar-refractivity contribution in [1.29, 1.82) is 0 Å². The molecule has 1 aliphatic heterocycles. The van der Waals surface area contributed by atoms with Crippen LogP contribution in [0.25, 0.3) is 0 Å². The van der Waals surface area contributed by atoms with Gasteiger partial charge in [-0.25, -0.2) is 13.1 Å². The zero-order valence-corrected chi connectivity index (χ0v) is 12.5. The zero-order valence-electron chi connectivity index (χ0n) is 10.9. The Morgan fingerprint density at radius 3 is 2.95 bits per heavy atom. The molecule has 0 aromatic heterocycles. The van der Waals surface area contributed by atoms with Crippen LogP contribution in [0.5, 0.6) is 0 Å². The third-order valence-corrected chi connectivity index (χ3v) is 5.53. The number of halogens is 1. The summed E-state index contributed by atoms with van der Waals surface area (Å²) in [5, 5.41) is 3.75. The quantitative estimate of drug-likeness (QED) is 0.874. The van der Waals surface area contributed by atoms with Gasteiger partial charge in [0.15, 0.2) is 0 Å². The van der Waals surface area contributed by atoms with Crippen molar-refractivity contribution in [1.82, 2.24) is 10.0 Å². The van der Waals surface area contributed by atoms with E-state index in [1.54, 1.807) is 25.1 Å². The summed E-state index contributed by atoms with van der Waals surface area (Å²) in [6, 6.07) is 4.94. The first-order valence-corrected chi connectivity index (χ1v) is 8.32. The first-order chi connectivity index (χ1) is 9.00. The van der Waals surface area contributed by atoms with E-state index in [1.807, 2.05) is 0 Å². The fourth-order valence-corrected chi connectivity index (χ4v) is 3.86.